The Hall–Kier alpha value is -0.840. The summed E-state index contributed by atoms with van der Waals surface area (Å²) in [5, 5.41) is 0.531. The maximum atomic E-state index is 12.3. The van der Waals surface area contributed by atoms with Gasteiger partial charge < -0.3 is 4.74 Å². The lowest BCUT2D eigenvalue weighted by Gasteiger charge is -2.09. The van der Waals surface area contributed by atoms with E-state index in [0.29, 0.717) is 16.3 Å². The number of methoxy groups -OCH3 is 1. The third kappa shape index (κ3) is 3.84. The smallest absolute Gasteiger partial charge is 0.167 e. The van der Waals surface area contributed by atoms with Gasteiger partial charge in [-0.25, -0.2) is 0 Å². The Kier molecular flexibility index (Phi) is 5.24. The number of ether oxygens (including phenoxy) is 1. The Bertz CT molecular complexity index is 636. The third-order valence-electron chi connectivity index (χ3n) is 2.78. The molecule has 0 amide bonds. The molecule has 20 heavy (non-hydrogen) atoms. The van der Waals surface area contributed by atoms with E-state index in [2.05, 4.69) is 31.9 Å². The van der Waals surface area contributed by atoms with Crippen LogP contribution in [-0.2, 0) is 6.42 Å². The highest BCUT2D eigenvalue weighted by atomic mass is 79.9. The van der Waals surface area contributed by atoms with E-state index in [1.165, 1.54) is 0 Å². The van der Waals surface area contributed by atoms with Gasteiger partial charge in [0, 0.05) is 31.5 Å². The van der Waals surface area contributed by atoms with E-state index in [4.69, 9.17) is 16.3 Å². The summed E-state index contributed by atoms with van der Waals surface area (Å²) in [5.41, 5.74) is 1.41. The lowest BCUT2D eigenvalue weighted by molar-refractivity contribution is 0.0992. The molecule has 0 saturated heterocycles. The van der Waals surface area contributed by atoms with Crippen molar-refractivity contribution in [1.29, 1.82) is 0 Å². The highest BCUT2D eigenvalue weighted by Gasteiger charge is 2.12. The molecule has 0 spiro atoms. The first-order chi connectivity index (χ1) is 9.49. The van der Waals surface area contributed by atoms with Gasteiger partial charge in [0.1, 0.15) is 5.75 Å². The molecule has 0 radical (unpaired) electrons. The predicted molar refractivity (Wildman–Crippen MR) is 87.9 cm³/mol. The molecule has 104 valence electrons. The van der Waals surface area contributed by atoms with E-state index < -0.39 is 0 Å². The summed E-state index contributed by atoms with van der Waals surface area (Å²) in [7, 11) is 1.59. The fourth-order valence-electron chi connectivity index (χ4n) is 1.88. The zero-order valence-corrected chi connectivity index (χ0v) is 14.5. The Balaban J connectivity index is 2.29. The quantitative estimate of drug-likeness (QED) is 0.630. The van der Waals surface area contributed by atoms with Crippen molar-refractivity contribution in [3.63, 3.8) is 0 Å². The summed E-state index contributed by atoms with van der Waals surface area (Å²) in [4.78, 5) is 12.3. The maximum absolute atomic E-state index is 12.3. The average Bonchev–Trinajstić information content (AvgIpc) is 2.37. The van der Waals surface area contributed by atoms with Crippen LogP contribution in [-0.4, -0.2) is 12.9 Å². The second-order valence-electron chi connectivity index (χ2n) is 4.21. The molecule has 0 saturated carbocycles. The molecule has 2 rings (SSSR count). The van der Waals surface area contributed by atoms with Crippen molar-refractivity contribution in [2.24, 2.45) is 0 Å². The van der Waals surface area contributed by atoms with E-state index in [1.54, 1.807) is 25.3 Å². The van der Waals surface area contributed by atoms with Crippen LogP contribution in [0.2, 0.25) is 5.02 Å². The molecule has 0 unspecified atom stereocenters. The van der Waals surface area contributed by atoms with Crippen molar-refractivity contribution in [2.75, 3.05) is 7.11 Å². The summed E-state index contributed by atoms with van der Waals surface area (Å²) in [6.07, 6.45) is 0.259. The van der Waals surface area contributed by atoms with Crippen LogP contribution < -0.4 is 4.74 Å². The van der Waals surface area contributed by atoms with Crippen molar-refractivity contribution in [1.82, 2.24) is 0 Å². The van der Waals surface area contributed by atoms with Crippen molar-refractivity contribution in [3.8, 4) is 5.75 Å². The molecule has 0 fully saturated rings. The number of carbonyl (C=O) groups is 1. The van der Waals surface area contributed by atoms with Gasteiger partial charge in [-0.3, -0.25) is 4.79 Å². The van der Waals surface area contributed by atoms with Crippen LogP contribution >= 0.6 is 43.5 Å². The van der Waals surface area contributed by atoms with Crippen LogP contribution in [0.25, 0.3) is 0 Å². The fraction of sp³-hybridized carbons (Fsp3) is 0.133. The number of ketones is 1. The van der Waals surface area contributed by atoms with E-state index in [1.807, 2.05) is 18.2 Å². The summed E-state index contributed by atoms with van der Waals surface area (Å²) < 4.78 is 6.97. The van der Waals surface area contributed by atoms with Gasteiger partial charge in [0.05, 0.1) is 7.11 Å². The standard InChI is InChI=1S/C15H11Br2ClO2/c1-20-15-3-2-11(16)5-10(15)7-14(19)9-4-12(17)8-13(18)6-9/h2-6,8H,7H2,1H3. The van der Waals surface area contributed by atoms with Crippen LogP contribution in [0.1, 0.15) is 15.9 Å². The Morgan fingerprint density at radius 2 is 1.90 bits per heavy atom. The molecule has 0 aliphatic heterocycles. The Morgan fingerprint density at radius 3 is 2.55 bits per heavy atom. The van der Waals surface area contributed by atoms with E-state index >= 15 is 0 Å². The monoisotopic (exact) mass is 416 g/mol. The van der Waals surface area contributed by atoms with E-state index in [-0.39, 0.29) is 12.2 Å². The summed E-state index contributed by atoms with van der Waals surface area (Å²) in [5.74, 6) is 0.687. The number of Topliss-reactive ketones (excluding diaryl/α,β-unsaturated/α-hetero) is 1. The summed E-state index contributed by atoms with van der Waals surface area (Å²) >= 11 is 12.7. The molecule has 5 heteroatoms. The SMILES string of the molecule is COc1ccc(Br)cc1CC(=O)c1cc(Cl)cc(Br)c1. The van der Waals surface area contributed by atoms with Gasteiger partial charge in [0.25, 0.3) is 0 Å². The van der Waals surface area contributed by atoms with Crippen LogP contribution in [0.5, 0.6) is 5.75 Å². The van der Waals surface area contributed by atoms with Gasteiger partial charge in [-0.2, -0.15) is 0 Å². The number of carbonyl (C=O) groups excluding carboxylic acids is 1. The molecule has 2 aromatic carbocycles. The molecule has 2 nitrogen and oxygen atoms in total. The third-order valence-corrected chi connectivity index (χ3v) is 3.95. The zero-order valence-electron chi connectivity index (χ0n) is 10.6. The first-order valence-corrected chi connectivity index (χ1v) is 7.77. The number of rotatable bonds is 4. The van der Waals surface area contributed by atoms with Crippen molar-refractivity contribution >= 4 is 49.2 Å². The molecule has 0 N–H and O–H groups in total. The van der Waals surface area contributed by atoms with Crippen LogP contribution in [0, 0.1) is 0 Å². The summed E-state index contributed by atoms with van der Waals surface area (Å²) in [6.45, 7) is 0. The molecule has 0 atom stereocenters. The lowest BCUT2D eigenvalue weighted by Crippen LogP contribution is -2.05. The summed E-state index contributed by atoms with van der Waals surface area (Å²) in [6, 6.07) is 10.8. The largest absolute Gasteiger partial charge is 0.496 e. The van der Waals surface area contributed by atoms with E-state index in [9.17, 15) is 4.79 Å². The van der Waals surface area contributed by atoms with Gasteiger partial charge in [-0.1, -0.05) is 43.5 Å². The van der Waals surface area contributed by atoms with Gasteiger partial charge >= 0.3 is 0 Å². The molecule has 0 aromatic heterocycles. The van der Waals surface area contributed by atoms with Crippen molar-refractivity contribution in [3.05, 3.63) is 61.5 Å². The molecule has 0 heterocycles. The molecular formula is C15H11Br2ClO2. The van der Waals surface area contributed by atoms with Crippen LogP contribution in [0.15, 0.2) is 45.3 Å². The molecule has 2 aromatic rings. The normalized spacial score (nSPS) is 10.4. The highest BCUT2D eigenvalue weighted by molar-refractivity contribution is 9.10. The topological polar surface area (TPSA) is 26.3 Å². The first kappa shape index (κ1) is 15.5. The Morgan fingerprint density at radius 1 is 1.15 bits per heavy atom. The van der Waals surface area contributed by atoms with Gasteiger partial charge in [0.2, 0.25) is 0 Å². The minimum absolute atomic E-state index is 0.00963. The van der Waals surface area contributed by atoms with Crippen LogP contribution in [0.4, 0.5) is 0 Å². The molecule has 0 aliphatic rings. The second-order valence-corrected chi connectivity index (χ2v) is 6.48. The number of hydrogen-bond acceptors (Lipinski definition) is 2. The molecule has 0 aliphatic carbocycles. The lowest BCUT2D eigenvalue weighted by atomic mass is 10.0. The number of benzene rings is 2. The van der Waals surface area contributed by atoms with Crippen molar-refractivity contribution < 1.29 is 9.53 Å². The number of hydrogen-bond donors (Lipinski definition) is 0. The van der Waals surface area contributed by atoms with Gasteiger partial charge in [-0.05, 0) is 36.4 Å². The molecular weight excluding hydrogens is 407 g/mol. The minimum Gasteiger partial charge on any atom is -0.496 e. The maximum Gasteiger partial charge on any atom is 0.167 e. The van der Waals surface area contributed by atoms with Crippen molar-refractivity contribution in [2.45, 2.75) is 6.42 Å². The molecule has 0 bridgehead atoms. The van der Waals surface area contributed by atoms with E-state index in [0.717, 1.165) is 14.5 Å². The fourth-order valence-corrected chi connectivity index (χ4v) is 3.14. The Labute approximate surface area is 139 Å². The second kappa shape index (κ2) is 6.74. The highest BCUT2D eigenvalue weighted by Crippen LogP contribution is 2.26. The van der Waals surface area contributed by atoms with Gasteiger partial charge in [-0.15, -0.1) is 0 Å². The average molecular weight is 419 g/mol. The minimum atomic E-state index is -0.00963. The van der Waals surface area contributed by atoms with Crippen LogP contribution in [0.3, 0.4) is 0 Å². The zero-order chi connectivity index (χ0) is 14.7. The number of halogens is 3. The first-order valence-electron chi connectivity index (χ1n) is 5.81. The predicted octanol–water partition coefficient (Wildman–Crippen LogP) is 5.30. The van der Waals surface area contributed by atoms with Gasteiger partial charge in [0.15, 0.2) is 5.78 Å².